The van der Waals surface area contributed by atoms with Crippen molar-refractivity contribution >= 4 is 0 Å². The maximum absolute atomic E-state index is 12.4. The molecule has 2 unspecified atom stereocenters. The van der Waals surface area contributed by atoms with Crippen LogP contribution in [0.15, 0.2) is 24.3 Å². The van der Waals surface area contributed by atoms with E-state index in [9.17, 15) is 13.2 Å². The molecule has 2 nitrogen and oxygen atoms in total. The molecule has 17 heavy (non-hydrogen) atoms. The van der Waals surface area contributed by atoms with Crippen molar-refractivity contribution in [3.05, 3.63) is 35.4 Å². The molecule has 0 aliphatic heterocycles. The van der Waals surface area contributed by atoms with Crippen molar-refractivity contribution in [2.24, 2.45) is 5.73 Å². The molecule has 0 heterocycles. The van der Waals surface area contributed by atoms with Crippen LogP contribution in [0.25, 0.3) is 0 Å². The topological polar surface area (TPSA) is 35.2 Å². The van der Waals surface area contributed by atoms with Crippen LogP contribution in [0.2, 0.25) is 0 Å². The molecule has 0 aliphatic rings. The van der Waals surface area contributed by atoms with Gasteiger partial charge in [0.05, 0.1) is 6.10 Å². The minimum atomic E-state index is -4.36. The molecule has 0 aliphatic carbocycles. The quantitative estimate of drug-likeness (QED) is 0.887. The van der Waals surface area contributed by atoms with E-state index in [2.05, 4.69) is 0 Å². The van der Waals surface area contributed by atoms with Crippen LogP contribution < -0.4 is 5.73 Å². The Morgan fingerprint density at radius 1 is 1.24 bits per heavy atom. The molecule has 0 aromatic heterocycles. The predicted molar refractivity (Wildman–Crippen MR) is 59.6 cm³/mol. The fourth-order valence-corrected chi connectivity index (χ4v) is 1.37. The van der Waals surface area contributed by atoms with E-state index < -0.39 is 18.4 Å². The van der Waals surface area contributed by atoms with Crippen molar-refractivity contribution in [1.82, 2.24) is 0 Å². The second-order valence-corrected chi connectivity index (χ2v) is 3.95. The third-order valence-corrected chi connectivity index (χ3v) is 2.49. The summed E-state index contributed by atoms with van der Waals surface area (Å²) in [6, 6.07) is 7.10. The van der Waals surface area contributed by atoms with Gasteiger partial charge in [-0.1, -0.05) is 29.8 Å². The van der Waals surface area contributed by atoms with Crippen molar-refractivity contribution in [1.29, 1.82) is 0 Å². The molecule has 96 valence electrons. The summed E-state index contributed by atoms with van der Waals surface area (Å²) in [5.41, 5.74) is 7.14. The fourth-order valence-electron chi connectivity index (χ4n) is 1.37. The Kier molecular flexibility index (Phi) is 4.54. The molecular formula is C12H16F3NO. The van der Waals surface area contributed by atoms with Crippen molar-refractivity contribution < 1.29 is 17.9 Å². The predicted octanol–water partition coefficient (Wildman–Crippen LogP) is 2.96. The average Bonchev–Trinajstić information content (AvgIpc) is 2.25. The highest BCUT2D eigenvalue weighted by Gasteiger charge is 2.38. The zero-order valence-electron chi connectivity index (χ0n) is 9.79. The first-order valence-corrected chi connectivity index (χ1v) is 5.33. The van der Waals surface area contributed by atoms with E-state index in [0.717, 1.165) is 12.5 Å². The Balaban J connectivity index is 2.75. The molecule has 0 saturated carbocycles. The number of rotatable bonds is 4. The van der Waals surface area contributed by atoms with E-state index in [1.54, 1.807) is 12.1 Å². The number of aryl methyl sites for hydroxylation is 1. The Hall–Kier alpha value is -1.07. The van der Waals surface area contributed by atoms with E-state index in [4.69, 9.17) is 10.5 Å². The van der Waals surface area contributed by atoms with Crippen molar-refractivity contribution in [2.45, 2.75) is 32.2 Å². The molecule has 0 fully saturated rings. The van der Waals surface area contributed by atoms with E-state index >= 15 is 0 Å². The lowest BCUT2D eigenvalue weighted by Crippen LogP contribution is -2.32. The summed E-state index contributed by atoms with van der Waals surface area (Å²) in [6.45, 7) is 2.90. The summed E-state index contributed by atoms with van der Waals surface area (Å²) in [5.74, 6) is 0. The molecule has 0 bridgehead atoms. The van der Waals surface area contributed by atoms with Gasteiger partial charge in [0.25, 0.3) is 0 Å². The molecule has 1 rings (SSSR count). The second-order valence-electron chi connectivity index (χ2n) is 3.95. The average molecular weight is 247 g/mol. The van der Waals surface area contributed by atoms with E-state index in [-0.39, 0.29) is 6.54 Å². The molecule has 0 amide bonds. The summed E-state index contributed by atoms with van der Waals surface area (Å²) in [6.07, 6.45) is -6.91. The summed E-state index contributed by atoms with van der Waals surface area (Å²) >= 11 is 0. The van der Waals surface area contributed by atoms with Crippen molar-refractivity contribution in [3.63, 3.8) is 0 Å². The molecule has 5 heteroatoms. The highest BCUT2D eigenvalue weighted by molar-refractivity contribution is 5.23. The number of ether oxygens (including phenoxy) is 1. The van der Waals surface area contributed by atoms with Gasteiger partial charge in [-0.25, -0.2) is 0 Å². The molecule has 0 spiro atoms. The maximum Gasteiger partial charge on any atom is 0.414 e. The normalized spacial score (nSPS) is 15.6. The zero-order valence-corrected chi connectivity index (χ0v) is 9.79. The molecule has 1 aromatic rings. The SMILES string of the molecule is Cc1ccc(C(CN)OC(C)C(F)(F)F)cc1. The van der Waals surface area contributed by atoms with Crippen LogP contribution in [-0.4, -0.2) is 18.8 Å². The lowest BCUT2D eigenvalue weighted by atomic mass is 10.1. The van der Waals surface area contributed by atoms with Gasteiger partial charge in [-0.3, -0.25) is 0 Å². The van der Waals surface area contributed by atoms with Crippen LogP contribution in [0, 0.1) is 6.92 Å². The molecule has 1 aromatic carbocycles. The molecular weight excluding hydrogens is 231 g/mol. The molecule has 0 radical (unpaired) electrons. The number of halogens is 3. The standard InChI is InChI=1S/C12H16F3NO/c1-8-3-5-10(6-4-8)11(7-16)17-9(2)12(13,14)15/h3-6,9,11H,7,16H2,1-2H3. The Morgan fingerprint density at radius 2 is 1.76 bits per heavy atom. The number of benzene rings is 1. The van der Waals surface area contributed by atoms with Gasteiger partial charge < -0.3 is 10.5 Å². The number of nitrogens with two attached hydrogens (primary N) is 1. The van der Waals surface area contributed by atoms with Crippen LogP contribution >= 0.6 is 0 Å². The van der Waals surface area contributed by atoms with Crippen LogP contribution in [0.1, 0.15) is 24.2 Å². The van der Waals surface area contributed by atoms with Gasteiger partial charge >= 0.3 is 6.18 Å². The summed E-state index contributed by atoms with van der Waals surface area (Å²) < 4.78 is 42.0. The van der Waals surface area contributed by atoms with Crippen molar-refractivity contribution in [3.8, 4) is 0 Å². The van der Waals surface area contributed by atoms with Crippen LogP contribution in [0.3, 0.4) is 0 Å². The largest absolute Gasteiger partial charge is 0.414 e. The zero-order chi connectivity index (χ0) is 13.1. The number of hydrogen-bond donors (Lipinski definition) is 1. The van der Waals surface area contributed by atoms with Crippen molar-refractivity contribution in [2.75, 3.05) is 6.54 Å². The highest BCUT2D eigenvalue weighted by atomic mass is 19.4. The first-order chi connectivity index (χ1) is 7.84. The third-order valence-electron chi connectivity index (χ3n) is 2.49. The highest BCUT2D eigenvalue weighted by Crippen LogP contribution is 2.27. The fraction of sp³-hybridized carbons (Fsp3) is 0.500. The van der Waals surface area contributed by atoms with E-state index in [1.165, 1.54) is 0 Å². The minimum absolute atomic E-state index is 0.0173. The molecule has 2 atom stereocenters. The third kappa shape index (κ3) is 4.02. The number of hydrogen-bond acceptors (Lipinski definition) is 2. The van der Waals surface area contributed by atoms with Gasteiger partial charge in [0.15, 0.2) is 6.10 Å². The van der Waals surface area contributed by atoms with Gasteiger partial charge in [0.1, 0.15) is 0 Å². The Bertz CT molecular complexity index is 348. The summed E-state index contributed by atoms with van der Waals surface area (Å²) in [5, 5.41) is 0. The lowest BCUT2D eigenvalue weighted by molar-refractivity contribution is -0.226. The van der Waals surface area contributed by atoms with Gasteiger partial charge in [0, 0.05) is 6.54 Å². The Labute approximate surface area is 98.6 Å². The van der Waals surface area contributed by atoms with Gasteiger partial charge in [-0.15, -0.1) is 0 Å². The van der Waals surface area contributed by atoms with E-state index in [1.807, 2.05) is 19.1 Å². The molecule has 2 N–H and O–H groups in total. The van der Waals surface area contributed by atoms with Gasteiger partial charge in [-0.05, 0) is 19.4 Å². The first kappa shape index (κ1) is 14.0. The molecule has 0 saturated heterocycles. The lowest BCUT2D eigenvalue weighted by Gasteiger charge is -2.23. The smallest absolute Gasteiger partial charge is 0.360 e. The second kappa shape index (κ2) is 5.51. The van der Waals surface area contributed by atoms with Gasteiger partial charge in [0.2, 0.25) is 0 Å². The monoisotopic (exact) mass is 247 g/mol. The van der Waals surface area contributed by atoms with Crippen LogP contribution in [-0.2, 0) is 4.74 Å². The minimum Gasteiger partial charge on any atom is -0.360 e. The first-order valence-electron chi connectivity index (χ1n) is 5.33. The van der Waals surface area contributed by atoms with Gasteiger partial charge in [-0.2, -0.15) is 13.2 Å². The Morgan fingerprint density at radius 3 is 2.18 bits per heavy atom. The maximum atomic E-state index is 12.4. The van der Waals surface area contributed by atoms with E-state index in [0.29, 0.717) is 5.56 Å². The summed E-state index contributed by atoms with van der Waals surface area (Å²) in [4.78, 5) is 0. The number of alkyl halides is 3. The van der Waals surface area contributed by atoms with Crippen LogP contribution in [0.4, 0.5) is 13.2 Å². The summed E-state index contributed by atoms with van der Waals surface area (Å²) in [7, 11) is 0. The van der Waals surface area contributed by atoms with Crippen LogP contribution in [0.5, 0.6) is 0 Å².